The zero-order chi connectivity index (χ0) is 16.2. The van der Waals surface area contributed by atoms with Crippen LogP contribution in [0.25, 0.3) is 0 Å². The average molecular weight is 309 g/mol. The van der Waals surface area contributed by atoms with Crippen LogP contribution in [0.4, 0.5) is 11.4 Å². The maximum absolute atomic E-state index is 12.8. The first-order valence-corrected chi connectivity index (χ1v) is 8.31. The summed E-state index contributed by atoms with van der Waals surface area (Å²) >= 11 is 0. The number of benzene rings is 1. The Hall–Kier alpha value is -2.36. The predicted molar refractivity (Wildman–Crippen MR) is 94.1 cm³/mol. The average Bonchev–Trinajstić information content (AvgIpc) is 2.61. The number of hydrogen-bond acceptors (Lipinski definition) is 3. The molecule has 0 saturated heterocycles. The number of fused-ring (bicyclic) bond motifs is 1. The molecule has 1 aliphatic heterocycles. The van der Waals surface area contributed by atoms with E-state index in [0.717, 1.165) is 37.2 Å². The third kappa shape index (κ3) is 3.36. The van der Waals surface area contributed by atoms with Gasteiger partial charge in [0.25, 0.3) is 5.91 Å². The molecule has 1 aromatic heterocycles. The molecule has 2 aromatic rings. The molecule has 0 fully saturated rings. The van der Waals surface area contributed by atoms with Crippen LogP contribution in [0, 0.1) is 0 Å². The van der Waals surface area contributed by atoms with Crippen molar-refractivity contribution in [3.8, 4) is 0 Å². The summed E-state index contributed by atoms with van der Waals surface area (Å²) in [4.78, 5) is 19.0. The Labute approximate surface area is 137 Å². The van der Waals surface area contributed by atoms with Gasteiger partial charge >= 0.3 is 0 Å². The van der Waals surface area contributed by atoms with Crippen LogP contribution in [0.2, 0.25) is 0 Å². The number of pyridine rings is 1. The Kier molecular flexibility index (Phi) is 4.60. The van der Waals surface area contributed by atoms with E-state index < -0.39 is 0 Å². The van der Waals surface area contributed by atoms with Crippen molar-refractivity contribution in [2.24, 2.45) is 0 Å². The van der Waals surface area contributed by atoms with Crippen LogP contribution in [0.1, 0.15) is 42.7 Å². The molecule has 1 unspecified atom stereocenters. The van der Waals surface area contributed by atoms with Gasteiger partial charge in [0.1, 0.15) is 5.69 Å². The first-order chi connectivity index (χ1) is 11.2. The quantitative estimate of drug-likeness (QED) is 0.932. The number of aromatic nitrogens is 1. The molecule has 23 heavy (non-hydrogen) atoms. The molecule has 2 heterocycles. The van der Waals surface area contributed by atoms with E-state index in [1.807, 2.05) is 35.2 Å². The lowest BCUT2D eigenvalue weighted by Gasteiger charge is -2.29. The number of anilines is 2. The second-order valence-electron chi connectivity index (χ2n) is 6.07. The summed E-state index contributed by atoms with van der Waals surface area (Å²) in [6, 6.07) is 12.3. The number of carbonyl (C=O) groups is 1. The SMILES string of the molecule is CCC(C)Nc1ccc(C(=O)N2CCCc3ccccc32)nc1. The maximum atomic E-state index is 12.8. The molecule has 4 nitrogen and oxygen atoms in total. The van der Waals surface area contributed by atoms with E-state index in [4.69, 9.17) is 0 Å². The molecular weight excluding hydrogens is 286 g/mol. The van der Waals surface area contributed by atoms with Crippen molar-refractivity contribution in [3.05, 3.63) is 53.9 Å². The summed E-state index contributed by atoms with van der Waals surface area (Å²) in [6.07, 6.45) is 4.82. The van der Waals surface area contributed by atoms with Crippen LogP contribution in [0.15, 0.2) is 42.6 Å². The number of aryl methyl sites for hydroxylation is 1. The molecule has 0 bridgehead atoms. The molecule has 120 valence electrons. The minimum atomic E-state index is -0.0211. The lowest BCUT2D eigenvalue weighted by molar-refractivity contribution is 0.0980. The van der Waals surface area contributed by atoms with Crippen molar-refractivity contribution in [2.45, 2.75) is 39.2 Å². The molecule has 0 saturated carbocycles. The molecule has 1 amide bonds. The van der Waals surface area contributed by atoms with Gasteiger partial charge in [0, 0.05) is 18.3 Å². The Balaban J connectivity index is 1.79. The van der Waals surface area contributed by atoms with E-state index >= 15 is 0 Å². The summed E-state index contributed by atoms with van der Waals surface area (Å²) in [7, 11) is 0. The first-order valence-electron chi connectivity index (χ1n) is 8.31. The highest BCUT2D eigenvalue weighted by molar-refractivity contribution is 6.05. The zero-order valence-corrected chi connectivity index (χ0v) is 13.7. The molecule has 1 N–H and O–H groups in total. The van der Waals surface area contributed by atoms with Crippen molar-refractivity contribution < 1.29 is 4.79 Å². The fourth-order valence-electron chi connectivity index (χ4n) is 2.88. The van der Waals surface area contributed by atoms with Crippen LogP contribution >= 0.6 is 0 Å². The zero-order valence-electron chi connectivity index (χ0n) is 13.7. The number of hydrogen-bond donors (Lipinski definition) is 1. The Morgan fingerprint density at radius 3 is 2.87 bits per heavy atom. The Morgan fingerprint density at radius 1 is 1.30 bits per heavy atom. The van der Waals surface area contributed by atoms with E-state index in [-0.39, 0.29) is 5.91 Å². The molecule has 1 aromatic carbocycles. The monoisotopic (exact) mass is 309 g/mol. The first kappa shape index (κ1) is 15.5. The molecule has 0 aliphatic carbocycles. The molecule has 1 atom stereocenters. The van der Waals surface area contributed by atoms with Gasteiger partial charge in [-0.3, -0.25) is 4.79 Å². The van der Waals surface area contributed by atoms with Crippen LogP contribution in [0.3, 0.4) is 0 Å². The third-order valence-corrected chi connectivity index (χ3v) is 4.36. The van der Waals surface area contributed by atoms with Crippen molar-refractivity contribution in [1.29, 1.82) is 0 Å². The van der Waals surface area contributed by atoms with Crippen LogP contribution in [-0.2, 0) is 6.42 Å². The summed E-state index contributed by atoms with van der Waals surface area (Å²) < 4.78 is 0. The van der Waals surface area contributed by atoms with Gasteiger partial charge in [0.2, 0.25) is 0 Å². The van der Waals surface area contributed by atoms with Gasteiger partial charge in [-0.1, -0.05) is 25.1 Å². The van der Waals surface area contributed by atoms with Gasteiger partial charge < -0.3 is 10.2 Å². The highest BCUT2D eigenvalue weighted by Gasteiger charge is 2.23. The number of nitrogens with one attached hydrogen (secondary N) is 1. The number of nitrogens with zero attached hydrogens (tertiary/aromatic N) is 2. The number of carbonyl (C=O) groups excluding carboxylic acids is 1. The summed E-state index contributed by atoms with van der Waals surface area (Å²) in [6.45, 7) is 5.02. The maximum Gasteiger partial charge on any atom is 0.276 e. The lowest BCUT2D eigenvalue weighted by atomic mass is 10.0. The second-order valence-corrected chi connectivity index (χ2v) is 6.07. The van der Waals surface area contributed by atoms with Crippen molar-refractivity contribution in [3.63, 3.8) is 0 Å². The van der Waals surface area contributed by atoms with E-state index in [9.17, 15) is 4.79 Å². The number of amides is 1. The number of rotatable bonds is 4. The van der Waals surface area contributed by atoms with Gasteiger partial charge in [0.05, 0.1) is 11.9 Å². The second kappa shape index (κ2) is 6.82. The smallest absolute Gasteiger partial charge is 0.276 e. The van der Waals surface area contributed by atoms with E-state index in [2.05, 4.69) is 30.2 Å². The van der Waals surface area contributed by atoms with Gasteiger partial charge in [-0.2, -0.15) is 0 Å². The molecule has 0 radical (unpaired) electrons. The van der Waals surface area contributed by atoms with E-state index in [1.54, 1.807) is 6.20 Å². The van der Waals surface area contributed by atoms with Gasteiger partial charge in [-0.25, -0.2) is 4.98 Å². The van der Waals surface area contributed by atoms with E-state index in [1.165, 1.54) is 5.56 Å². The van der Waals surface area contributed by atoms with Crippen molar-refractivity contribution in [1.82, 2.24) is 4.98 Å². The summed E-state index contributed by atoms with van der Waals surface area (Å²) in [5, 5.41) is 3.37. The fourth-order valence-corrected chi connectivity index (χ4v) is 2.88. The molecular formula is C19H23N3O. The normalized spacial score (nSPS) is 15.0. The molecule has 1 aliphatic rings. The topological polar surface area (TPSA) is 45.2 Å². The minimum absolute atomic E-state index is 0.0211. The van der Waals surface area contributed by atoms with Crippen LogP contribution in [0.5, 0.6) is 0 Å². The van der Waals surface area contributed by atoms with Crippen molar-refractivity contribution >= 4 is 17.3 Å². The third-order valence-electron chi connectivity index (χ3n) is 4.36. The molecule has 0 spiro atoms. The van der Waals surface area contributed by atoms with Crippen molar-refractivity contribution in [2.75, 3.05) is 16.8 Å². The summed E-state index contributed by atoms with van der Waals surface area (Å²) in [5.74, 6) is -0.0211. The fraction of sp³-hybridized carbons (Fsp3) is 0.368. The lowest BCUT2D eigenvalue weighted by Crippen LogP contribution is -2.35. The summed E-state index contributed by atoms with van der Waals surface area (Å²) in [5.41, 5.74) is 3.71. The van der Waals surface area contributed by atoms with Gasteiger partial charge in [-0.15, -0.1) is 0 Å². The van der Waals surface area contributed by atoms with Crippen LogP contribution < -0.4 is 10.2 Å². The molecule has 4 heteroatoms. The van der Waals surface area contributed by atoms with Crippen LogP contribution in [-0.4, -0.2) is 23.5 Å². The van der Waals surface area contributed by atoms with Gasteiger partial charge in [0.15, 0.2) is 0 Å². The Bertz CT molecular complexity index is 681. The Morgan fingerprint density at radius 2 is 2.13 bits per heavy atom. The predicted octanol–water partition coefficient (Wildman–Crippen LogP) is 3.89. The van der Waals surface area contributed by atoms with Gasteiger partial charge in [-0.05, 0) is 49.9 Å². The highest BCUT2D eigenvalue weighted by Crippen LogP contribution is 2.27. The standard InChI is InChI=1S/C19H23N3O/c1-3-14(2)21-16-10-11-17(20-13-16)19(23)22-12-6-8-15-7-4-5-9-18(15)22/h4-5,7,9-11,13-14,21H,3,6,8,12H2,1-2H3. The molecule has 3 rings (SSSR count). The minimum Gasteiger partial charge on any atom is -0.381 e. The highest BCUT2D eigenvalue weighted by atomic mass is 16.2. The number of para-hydroxylation sites is 1. The largest absolute Gasteiger partial charge is 0.381 e. The van der Waals surface area contributed by atoms with E-state index in [0.29, 0.717) is 11.7 Å².